The van der Waals surface area contributed by atoms with Crippen LogP contribution in [0.3, 0.4) is 0 Å². The molecule has 0 aliphatic rings. The topological polar surface area (TPSA) is 58.2 Å². The van der Waals surface area contributed by atoms with Crippen LogP contribution in [-0.2, 0) is 10.0 Å². The van der Waals surface area contributed by atoms with Gasteiger partial charge in [0.15, 0.2) is 0 Å². The van der Waals surface area contributed by atoms with Crippen molar-refractivity contribution < 1.29 is 8.42 Å². The Kier molecular flexibility index (Phi) is 7.08. The van der Waals surface area contributed by atoms with Gasteiger partial charge in [0.05, 0.1) is 21.0 Å². The lowest BCUT2D eigenvalue weighted by Crippen LogP contribution is -2.35. The summed E-state index contributed by atoms with van der Waals surface area (Å²) in [4.78, 5) is 0. The second kappa shape index (κ2) is 7.84. The molecule has 0 saturated carbocycles. The first-order valence-electron chi connectivity index (χ1n) is 6.14. The third-order valence-corrected chi connectivity index (χ3v) is 5.41. The van der Waals surface area contributed by atoms with Crippen LogP contribution in [0.15, 0.2) is 16.6 Å². The van der Waals surface area contributed by atoms with Gasteiger partial charge in [0.25, 0.3) is 0 Å². The molecular weight excluding hydrogens is 387 g/mol. The zero-order chi connectivity index (χ0) is 15.3. The Labute approximate surface area is 138 Å². The Hall–Kier alpha value is -0.0100. The van der Waals surface area contributed by atoms with Crippen LogP contribution < -0.4 is 10.0 Å². The summed E-state index contributed by atoms with van der Waals surface area (Å²) in [6.07, 6.45) is 0.949. The Balaban J connectivity index is 2.86. The van der Waals surface area contributed by atoms with Gasteiger partial charge in [-0.25, -0.2) is 8.42 Å². The quantitative estimate of drug-likeness (QED) is 0.679. The van der Waals surface area contributed by atoms with Gasteiger partial charge in [0, 0.05) is 11.0 Å². The van der Waals surface area contributed by atoms with Gasteiger partial charge < -0.3 is 5.32 Å². The zero-order valence-electron chi connectivity index (χ0n) is 11.2. The van der Waals surface area contributed by atoms with E-state index in [0.717, 1.165) is 13.0 Å². The molecule has 1 aromatic carbocycles. The van der Waals surface area contributed by atoms with E-state index < -0.39 is 15.3 Å². The highest BCUT2D eigenvalue weighted by Gasteiger charge is 2.22. The van der Waals surface area contributed by atoms with E-state index in [1.54, 1.807) is 19.1 Å². The first kappa shape index (κ1) is 18.0. The zero-order valence-corrected chi connectivity index (χ0v) is 15.1. The van der Waals surface area contributed by atoms with Gasteiger partial charge >= 0.3 is 0 Å². The van der Waals surface area contributed by atoms with Crippen molar-refractivity contribution in [3.05, 3.63) is 26.7 Å². The van der Waals surface area contributed by atoms with Crippen molar-refractivity contribution in [3.8, 4) is 0 Å². The van der Waals surface area contributed by atoms with Crippen LogP contribution in [0, 0.1) is 0 Å². The lowest BCUT2D eigenvalue weighted by molar-refractivity contribution is 0.576. The molecule has 0 bridgehead atoms. The van der Waals surface area contributed by atoms with Crippen LogP contribution in [0.2, 0.25) is 10.0 Å². The maximum atomic E-state index is 12.2. The van der Waals surface area contributed by atoms with Gasteiger partial charge in [-0.05, 0) is 32.0 Å². The van der Waals surface area contributed by atoms with Crippen LogP contribution >= 0.6 is 39.1 Å². The van der Waals surface area contributed by atoms with Crippen LogP contribution in [0.4, 0.5) is 5.69 Å². The van der Waals surface area contributed by atoms with Gasteiger partial charge in [0.1, 0.15) is 0 Å². The third-order valence-electron chi connectivity index (χ3n) is 2.64. The van der Waals surface area contributed by atoms with Gasteiger partial charge in [-0.3, -0.25) is 4.72 Å². The molecule has 20 heavy (non-hydrogen) atoms. The summed E-state index contributed by atoms with van der Waals surface area (Å²) in [5.74, 6) is 0. The molecule has 8 heteroatoms. The molecule has 0 fully saturated rings. The van der Waals surface area contributed by atoms with Crippen LogP contribution in [0.1, 0.15) is 20.3 Å². The van der Waals surface area contributed by atoms with Crippen molar-refractivity contribution in [1.29, 1.82) is 0 Å². The molecule has 0 radical (unpaired) electrons. The second-order valence-corrected chi connectivity index (χ2v) is 8.24. The Morgan fingerprint density at radius 2 is 1.85 bits per heavy atom. The summed E-state index contributed by atoms with van der Waals surface area (Å²) in [6.45, 7) is 4.80. The monoisotopic (exact) mass is 402 g/mol. The van der Waals surface area contributed by atoms with E-state index in [0.29, 0.717) is 11.0 Å². The molecule has 4 nitrogen and oxygen atoms in total. The number of sulfonamides is 1. The van der Waals surface area contributed by atoms with Gasteiger partial charge in [-0.15, -0.1) is 0 Å². The van der Waals surface area contributed by atoms with Crippen LogP contribution in [0.5, 0.6) is 0 Å². The number of halogens is 3. The molecule has 1 atom stereocenters. The van der Waals surface area contributed by atoms with Gasteiger partial charge in [-0.1, -0.05) is 46.1 Å². The summed E-state index contributed by atoms with van der Waals surface area (Å²) >= 11 is 15.3. The molecule has 1 unspecified atom stereocenters. The minimum atomic E-state index is -3.55. The minimum Gasteiger partial charge on any atom is -0.315 e. The standard InChI is InChI=1S/C12H17BrCl2N2O2S/c1-3-4-16-7-8(2)20(18,19)17-12-10(14)5-9(13)6-11(12)15/h5-6,8,16-17H,3-4,7H2,1-2H3. The summed E-state index contributed by atoms with van der Waals surface area (Å²) in [7, 11) is -3.55. The molecule has 0 saturated heterocycles. The van der Waals surface area contributed by atoms with E-state index in [4.69, 9.17) is 23.2 Å². The van der Waals surface area contributed by atoms with Crippen molar-refractivity contribution in [2.45, 2.75) is 25.5 Å². The predicted molar refractivity (Wildman–Crippen MR) is 89.3 cm³/mol. The van der Waals surface area contributed by atoms with Gasteiger partial charge in [-0.2, -0.15) is 0 Å². The summed E-state index contributed by atoms with van der Waals surface area (Å²) in [5.41, 5.74) is 0.207. The Morgan fingerprint density at radius 3 is 2.35 bits per heavy atom. The highest BCUT2D eigenvalue weighted by Crippen LogP contribution is 2.34. The van der Waals surface area contributed by atoms with E-state index in [9.17, 15) is 8.42 Å². The molecule has 0 amide bonds. The smallest absolute Gasteiger partial charge is 0.236 e. The first-order chi connectivity index (χ1) is 9.27. The Morgan fingerprint density at radius 1 is 1.30 bits per heavy atom. The fourth-order valence-corrected chi connectivity index (χ4v) is 3.93. The maximum absolute atomic E-state index is 12.2. The summed E-state index contributed by atoms with van der Waals surface area (Å²) in [5, 5.41) is 2.98. The minimum absolute atomic E-state index is 0.207. The van der Waals surface area contributed by atoms with E-state index in [-0.39, 0.29) is 15.7 Å². The molecule has 0 aliphatic heterocycles. The lowest BCUT2D eigenvalue weighted by Gasteiger charge is -2.17. The third kappa shape index (κ3) is 5.07. The predicted octanol–water partition coefficient (Wildman–Crippen LogP) is 3.89. The highest BCUT2D eigenvalue weighted by molar-refractivity contribution is 9.10. The van der Waals surface area contributed by atoms with E-state index >= 15 is 0 Å². The lowest BCUT2D eigenvalue weighted by atomic mass is 10.3. The normalized spacial score (nSPS) is 13.2. The van der Waals surface area contributed by atoms with E-state index in [2.05, 4.69) is 26.0 Å². The Bertz CT molecular complexity index is 544. The summed E-state index contributed by atoms with van der Waals surface area (Å²) in [6, 6.07) is 3.18. The molecule has 2 N–H and O–H groups in total. The van der Waals surface area contributed by atoms with Crippen molar-refractivity contribution in [3.63, 3.8) is 0 Å². The number of hydrogen-bond donors (Lipinski definition) is 2. The molecule has 0 spiro atoms. The number of rotatable bonds is 7. The average molecular weight is 404 g/mol. The SMILES string of the molecule is CCCNCC(C)S(=O)(=O)Nc1c(Cl)cc(Br)cc1Cl. The molecule has 0 aromatic heterocycles. The number of hydrogen-bond acceptors (Lipinski definition) is 3. The van der Waals surface area contributed by atoms with Gasteiger partial charge in [0.2, 0.25) is 10.0 Å². The molecule has 1 rings (SSSR count). The number of nitrogens with one attached hydrogen (secondary N) is 2. The highest BCUT2D eigenvalue weighted by atomic mass is 79.9. The van der Waals surface area contributed by atoms with E-state index in [1.807, 2.05) is 6.92 Å². The van der Waals surface area contributed by atoms with Crippen molar-refractivity contribution in [2.75, 3.05) is 17.8 Å². The second-order valence-electron chi connectivity index (χ2n) is 4.41. The van der Waals surface area contributed by atoms with E-state index in [1.165, 1.54) is 0 Å². The molecular formula is C12H17BrCl2N2O2S. The average Bonchev–Trinajstić information content (AvgIpc) is 2.34. The number of anilines is 1. The molecule has 1 aromatic rings. The fourth-order valence-electron chi connectivity index (χ4n) is 1.47. The largest absolute Gasteiger partial charge is 0.315 e. The van der Waals surface area contributed by atoms with Crippen LogP contribution in [-0.4, -0.2) is 26.8 Å². The molecule has 114 valence electrons. The van der Waals surface area contributed by atoms with Crippen molar-refractivity contribution in [2.24, 2.45) is 0 Å². The maximum Gasteiger partial charge on any atom is 0.236 e. The molecule has 0 heterocycles. The van der Waals surface area contributed by atoms with Crippen LogP contribution in [0.25, 0.3) is 0 Å². The number of benzene rings is 1. The van der Waals surface area contributed by atoms with Crippen molar-refractivity contribution in [1.82, 2.24) is 5.32 Å². The fraction of sp³-hybridized carbons (Fsp3) is 0.500. The molecule has 0 aliphatic carbocycles. The van der Waals surface area contributed by atoms with Crippen molar-refractivity contribution >= 4 is 54.8 Å². The summed E-state index contributed by atoms with van der Waals surface area (Å²) < 4.78 is 27.6. The first-order valence-corrected chi connectivity index (χ1v) is 9.24.